The van der Waals surface area contributed by atoms with E-state index < -0.39 is 152 Å². The van der Waals surface area contributed by atoms with Crippen molar-refractivity contribution in [2.24, 2.45) is 34.8 Å². The lowest BCUT2D eigenvalue weighted by molar-refractivity contribution is -0.165. The number of aryl methyl sites for hydroxylation is 6. The smallest absolute Gasteiger partial charge is 0.309 e. The molecule has 16 atom stereocenters. The van der Waals surface area contributed by atoms with Crippen LogP contribution in [0.25, 0.3) is 66.2 Å². The van der Waals surface area contributed by atoms with Crippen LogP contribution in [-0.4, -0.2) is 283 Å². The molecule has 32 N–H and O–H groups in total. The van der Waals surface area contributed by atoms with Gasteiger partial charge in [0, 0.05) is 56.8 Å². The molecule has 50 nitrogen and oxygen atoms in total. The van der Waals surface area contributed by atoms with E-state index in [2.05, 4.69) is 59.8 Å². The fraction of sp³-hybridized carbons (Fsp3) is 0.500. The molecule has 0 unspecified atom stereocenters. The molecule has 50 heteroatoms. The minimum Gasteiger partial charge on any atom is -0.463 e. The first kappa shape index (κ1) is 101. The number of carbonyl (C=O) groups excluding carboxylic acids is 5. The predicted molar refractivity (Wildman–Crippen MR) is 476 cm³/mol. The average molecular weight is 1850 g/mol. The Kier molecular flexibility index (Phi) is 31.8. The number of amides is 3. The van der Waals surface area contributed by atoms with Crippen molar-refractivity contribution >= 4 is 131 Å². The molecule has 3 fully saturated rings. The third-order valence-electron chi connectivity index (χ3n) is 21.3. The lowest BCUT2D eigenvalue weighted by Crippen LogP contribution is -2.44. The van der Waals surface area contributed by atoms with Gasteiger partial charge in [-0.2, -0.15) is 0 Å². The molecule has 15 heterocycles. The molecule has 0 aromatic carbocycles. The van der Waals surface area contributed by atoms with E-state index in [-0.39, 0.29) is 77.2 Å². The van der Waals surface area contributed by atoms with E-state index in [1.54, 1.807) is 128 Å². The molecule has 12 aromatic heterocycles. The number of fused-ring (bicyclic) bond motifs is 6. The van der Waals surface area contributed by atoms with Gasteiger partial charge in [-0.25, -0.2) is 59.8 Å². The van der Waals surface area contributed by atoms with Crippen LogP contribution in [0.4, 0.5) is 34.9 Å². The normalized spacial score (nSPS) is 21.5. The maximum Gasteiger partial charge on any atom is 0.309 e. The zero-order chi connectivity index (χ0) is 97.8. The first-order chi connectivity index (χ1) is 61.8. The van der Waals surface area contributed by atoms with Gasteiger partial charge in [0.2, 0.25) is 0 Å². The summed E-state index contributed by atoms with van der Waals surface area (Å²) in [5.74, 6) is 0.154. The van der Waals surface area contributed by atoms with Gasteiger partial charge in [0.15, 0.2) is 18.7 Å². The molecular weight excluding hydrogens is 1730 g/mol. The monoisotopic (exact) mass is 1840 g/mol. The third kappa shape index (κ3) is 22.2. The van der Waals surface area contributed by atoms with Crippen LogP contribution >= 0.6 is 0 Å². The van der Waals surface area contributed by atoms with Crippen LogP contribution in [-0.2, 0) is 59.5 Å². The molecule has 3 aliphatic rings. The van der Waals surface area contributed by atoms with Gasteiger partial charge >= 0.3 is 11.9 Å². The van der Waals surface area contributed by atoms with Crippen LogP contribution in [0.2, 0.25) is 0 Å². The number of nitrogens with zero attached hydrogens (tertiary/aromatic N) is 18. The Morgan fingerprint density at radius 1 is 0.485 bits per heavy atom. The SMILES string of the molecule is Cc1nc(N)c2c(C(N)=O)cn(C[C@@H](C)O)c2n1.Cc1nc(N)c2c(C(N)=O)cn(C[C@H](O)CO)c2n1.Cc1nc(N)c2c(C(N)=O)cn([C@@H]3O[C@H](COC(=O)[C@@H](CC(=O)OC(C)(C)C)C(C)C)[C@@H](O)[C@@]3(C)O)c2n1.Cc1nc(N)c2c(CN)cn([C@@H]3O[C@H](CO)[C@@H](O)[C@H]3O)c2n1.Cc1nc(N)c2ccn(C[C@@H](C)O)c2n1.Cc1nc(N)c2ccn([C@@H]3O[C@H](CO)[C@@H](O)[C@H]3O)c2n1. The van der Waals surface area contributed by atoms with Crippen molar-refractivity contribution in [2.75, 3.05) is 60.8 Å². The molecule has 3 amide bonds. The number of rotatable bonds is 22. The van der Waals surface area contributed by atoms with Gasteiger partial charge in [-0.05, 0) is 107 Å². The quantitative estimate of drug-likeness (QED) is 0.0314. The average Bonchev–Trinajstić information content (AvgIpc) is 1.57. The van der Waals surface area contributed by atoms with Crippen molar-refractivity contribution in [3.05, 3.63) is 107 Å². The summed E-state index contributed by atoms with van der Waals surface area (Å²) in [4.78, 5) is 110. The van der Waals surface area contributed by atoms with Gasteiger partial charge in [-0.3, -0.25) is 24.0 Å². The molecule has 0 radical (unpaired) electrons. The Labute approximate surface area is 752 Å². The molecule has 0 bridgehead atoms. The molecule has 15 rings (SSSR count). The highest BCUT2D eigenvalue weighted by molar-refractivity contribution is 6.11. The van der Waals surface area contributed by atoms with Crippen LogP contribution in [0.3, 0.4) is 0 Å². The Hall–Kier alpha value is -12.8. The summed E-state index contributed by atoms with van der Waals surface area (Å²) in [6.45, 7) is 23.2. The summed E-state index contributed by atoms with van der Waals surface area (Å²) in [7, 11) is 0. The van der Waals surface area contributed by atoms with E-state index in [1.165, 1.54) is 28.5 Å². The van der Waals surface area contributed by atoms with E-state index in [0.717, 1.165) is 11.0 Å². The summed E-state index contributed by atoms with van der Waals surface area (Å²) >= 11 is 0. The second kappa shape index (κ2) is 41.3. The van der Waals surface area contributed by atoms with Crippen LogP contribution in [0, 0.1) is 53.4 Å². The van der Waals surface area contributed by atoms with E-state index >= 15 is 0 Å². The first-order valence-electron chi connectivity index (χ1n) is 41.5. The van der Waals surface area contributed by atoms with Gasteiger partial charge in [0.25, 0.3) is 17.7 Å². The Bertz CT molecular complexity index is 6200. The zero-order valence-corrected chi connectivity index (χ0v) is 75.0. The Balaban J connectivity index is 0.000000169. The van der Waals surface area contributed by atoms with Gasteiger partial charge in [-0.15, -0.1) is 0 Å². The topological polar surface area (TPSA) is 819 Å². The molecular formula is C82H116N28O22. The lowest BCUT2D eigenvalue weighted by Gasteiger charge is -2.27. The van der Waals surface area contributed by atoms with Gasteiger partial charge in [0.05, 0.1) is 106 Å². The number of nitrogen functional groups attached to an aromatic ring is 6. The summed E-state index contributed by atoms with van der Waals surface area (Å²) < 4.78 is 37.3. The number of ether oxygens (including phenoxy) is 5. The number of esters is 2. The maximum absolute atomic E-state index is 12.9. The fourth-order valence-corrected chi connectivity index (χ4v) is 15.3. The van der Waals surface area contributed by atoms with Gasteiger partial charge in [-0.1, -0.05) is 13.8 Å². The number of primary amides is 3. The minimum absolute atomic E-state index is 0.0168. The Morgan fingerprint density at radius 2 is 0.879 bits per heavy atom. The molecule has 3 aliphatic heterocycles. The number of aromatic nitrogens is 18. The van der Waals surface area contributed by atoms with E-state index in [0.29, 0.717) is 115 Å². The van der Waals surface area contributed by atoms with E-state index in [1.807, 2.05) is 16.8 Å². The number of anilines is 6. The Morgan fingerprint density at radius 3 is 1.31 bits per heavy atom. The van der Waals surface area contributed by atoms with Crippen LogP contribution in [0.1, 0.15) is 152 Å². The van der Waals surface area contributed by atoms with E-state index in [9.17, 15) is 75.0 Å². The number of hydrogen-bond acceptors (Lipinski definition) is 41. The van der Waals surface area contributed by atoms with Crippen molar-refractivity contribution in [3.8, 4) is 0 Å². The van der Waals surface area contributed by atoms with Crippen molar-refractivity contribution < 1.29 is 109 Å². The highest BCUT2D eigenvalue weighted by Crippen LogP contribution is 2.43. The number of aliphatic hydroxyl groups is 12. The van der Waals surface area contributed by atoms with Gasteiger partial charge in [0.1, 0.15) is 170 Å². The van der Waals surface area contributed by atoms with Crippen molar-refractivity contribution in [1.82, 2.24) is 87.2 Å². The number of nitrogens with two attached hydrogens (primary N) is 10. The van der Waals surface area contributed by atoms with Crippen LogP contribution in [0.15, 0.2) is 49.3 Å². The molecule has 0 aliphatic carbocycles. The number of carbonyl (C=O) groups is 5. The molecule has 3 saturated heterocycles. The molecule has 12 aromatic rings. The van der Waals surface area contributed by atoms with Crippen LogP contribution < -0.4 is 57.3 Å². The minimum atomic E-state index is -1.89. The molecule has 0 spiro atoms. The first-order valence-corrected chi connectivity index (χ1v) is 41.5. The zero-order valence-electron chi connectivity index (χ0n) is 75.0. The van der Waals surface area contributed by atoms with E-state index in [4.69, 9.17) is 91.2 Å². The predicted octanol–water partition coefficient (Wildman–Crippen LogP) is -2.42. The number of aliphatic hydroxyl groups excluding tert-OH is 11. The second-order valence-electron chi connectivity index (χ2n) is 33.6. The maximum atomic E-state index is 12.9. The largest absolute Gasteiger partial charge is 0.463 e. The lowest BCUT2D eigenvalue weighted by atomic mass is 9.92. The highest BCUT2D eigenvalue weighted by atomic mass is 16.6. The summed E-state index contributed by atoms with van der Waals surface area (Å²) in [5, 5.41) is 121. The number of hydrogen-bond donors (Lipinski definition) is 22. The van der Waals surface area contributed by atoms with Crippen molar-refractivity contribution in [2.45, 2.75) is 227 Å². The molecule has 0 saturated carbocycles. The summed E-state index contributed by atoms with van der Waals surface area (Å²) in [6, 6.07) is 3.59. The van der Waals surface area contributed by atoms with Crippen LogP contribution in [0.5, 0.6) is 0 Å². The second-order valence-corrected chi connectivity index (χ2v) is 33.6. The van der Waals surface area contributed by atoms with Crippen molar-refractivity contribution in [1.29, 1.82) is 0 Å². The molecule has 132 heavy (non-hydrogen) atoms. The molecule has 716 valence electrons. The third-order valence-corrected chi connectivity index (χ3v) is 21.3. The van der Waals surface area contributed by atoms with Crippen molar-refractivity contribution in [3.63, 3.8) is 0 Å². The van der Waals surface area contributed by atoms with Gasteiger partial charge < -0.3 is 170 Å². The highest BCUT2D eigenvalue weighted by Gasteiger charge is 2.55. The fourth-order valence-electron chi connectivity index (χ4n) is 15.3. The standard InChI is InChI=1S/C25H37N5O8.C13H19N5O4.C12H16N4O4.C11H15N5O3.C11H15N5O2.C10H14N4O/c1-11(2)13(8-16(31)38-24(4,5)6)22(34)36-10-15-18(32)25(7,35)23(37-15)30-9-14(20(27)33)17-19(26)28-12(3)29-21(17)30;1-5-16-11(15)8-6(2-14)3-18(12(8)17-5)13-10(21)9(20)7(4-19)22-13;1-5-14-10(13)6-2-3-16(11(6)15-5)12-9(19)8(18)7(4-17)20-12;1-5-14-9(12)8-7(10(13)19)3-16(11(8)15-5)2-6(18)4-17;1-5(17)3-16-4-7(10(13)18)8-9(12)14-6(2)15-11(8)16;1-6(15)5-14-4-3-8-9(11)12-7(2)13-10(8)14/h9,11,13,15,18,23,32,35H,8,10H2,1-7H3,(H2,27,33)(H2,26,28,29);3,7,9-10,13,19-21H,2,4,14H2,1H3,(H2,15,16,17);2-3,7-9,12,17-19H,4H2,1H3,(H2,13,14,15);3,6,17-18H,2,4H2,1H3,(H2,13,19)(H2,12,14,15);4-5,17H,3H2,1-2H3,(H2,13,18)(H2,12,14,15);3-4,6,15H,5H2,1-2H3,(H2,11,12,13)/t13-,15+,18+,23+,25+;7-,9-,10-,13-;7-,8-,9-,12-;6-;5-;6-/m011011/s1. The summed E-state index contributed by atoms with van der Waals surface area (Å²) in [5.41, 5.74) is 58.5. The summed E-state index contributed by atoms with van der Waals surface area (Å²) in [6.07, 6.45) is -4.54.